The Bertz CT molecular complexity index is 609. The summed E-state index contributed by atoms with van der Waals surface area (Å²) in [4.78, 5) is 34.5. The number of anilines is 2. The van der Waals surface area contributed by atoms with E-state index in [9.17, 15) is 14.4 Å². The van der Waals surface area contributed by atoms with E-state index in [0.717, 1.165) is 0 Å². The molecule has 3 amide bonds. The molecule has 0 aliphatic rings. The molecule has 0 atom stereocenters. The molecule has 0 saturated carbocycles. The van der Waals surface area contributed by atoms with Gasteiger partial charge in [0.1, 0.15) is 0 Å². The number of amides is 3. The summed E-state index contributed by atoms with van der Waals surface area (Å²) in [6.07, 6.45) is 0.160. The van der Waals surface area contributed by atoms with Crippen LogP contribution in [-0.2, 0) is 14.4 Å². The van der Waals surface area contributed by atoms with E-state index in [1.165, 1.54) is 6.92 Å². The molecule has 0 aliphatic heterocycles. The predicted molar refractivity (Wildman–Crippen MR) is 91.5 cm³/mol. The monoisotopic (exact) mass is 339 g/mol. The molecule has 1 aromatic rings. The lowest BCUT2D eigenvalue weighted by Crippen LogP contribution is -2.36. The summed E-state index contributed by atoms with van der Waals surface area (Å²) in [6.45, 7) is 7.07. The van der Waals surface area contributed by atoms with Crippen LogP contribution >= 0.6 is 11.6 Å². The van der Waals surface area contributed by atoms with Crippen molar-refractivity contribution in [3.8, 4) is 0 Å². The van der Waals surface area contributed by atoms with Crippen molar-refractivity contribution in [2.75, 3.05) is 17.2 Å². The summed E-state index contributed by atoms with van der Waals surface area (Å²) in [6, 6.07) is 4.81. The van der Waals surface area contributed by atoms with Gasteiger partial charge in [-0.1, -0.05) is 32.4 Å². The number of rotatable bonds is 5. The molecular weight excluding hydrogens is 318 g/mol. The normalized spacial score (nSPS) is 10.8. The second kappa shape index (κ2) is 7.97. The van der Waals surface area contributed by atoms with Crippen molar-refractivity contribution < 1.29 is 14.4 Å². The quantitative estimate of drug-likeness (QED) is 0.770. The third kappa shape index (κ3) is 6.69. The highest BCUT2D eigenvalue weighted by Gasteiger charge is 2.20. The van der Waals surface area contributed by atoms with Crippen molar-refractivity contribution in [1.82, 2.24) is 5.32 Å². The largest absolute Gasteiger partial charge is 0.355 e. The lowest BCUT2D eigenvalue weighted by Gasteiger charge is -2.17. The Hall–Kier alpha value is -2.08. The molecule has 0 spiro atoms. The number of benzene rings is 1. The van der Waals surface area contributed by atoms with E-state index in [1.807, 2.05) is 0 Å². The van der Waals surface area contributed by atoms with Crippen molar-refractivity contribution in [3.63, 3.8) is 0 Å². The molecule has 0 bridgehead atoms. The molecule has 0 unspecified atom stereocenters. The maximum atomic E-state index is 11.8. The molecule has 23 heavy (non-hydrogen) atoms. The molecule has 0 heterocycles. The molecule has 0 aliphatic carbocycles. The van der Waals surface area contributed by atoms with Gasteiger partial charge in [-0.2, -0.15) is 0 Å². The van der Waals surface area contributed by atoms with Gasteiger partial charge in [0.15, 0.2) is 0 Å². The Morgan fingerprint density at radius 2 is 1.78 bits per heavy atom. The fraction of sp³-hybridized carbons (Fsp3) is 0.438. The summed E-state index contributed by atoms with van der Waals surface area (Å²) < 4.78 is 0. The highest BCUT2D eigenvalue weighted by atomic mass is 35.5. The van der Waals surface area contributed by atoms with Gasteiger partial charge in [0.05, 0.1) is 10.7 Å². The minimum absolute atomic E-state index is 0.104. The maximum absolute atomic E-state index is 11.8. The number of halogens is 1. The molecule has 1 aromatic carbocycles. The standard InChI is InChI=1S/C16H22ClN3O3/c1-10(21)19-13-6-5-11(9-12(13)17)20-14(22)7-8-18-15(23)16(2,3)4/h5-6,9H,7-8H2,1-4H3,(H,18,23)(H,19,21)(H,20,22). The third-order valence-electron chi connectivity index (χ3n) is 2.88. The Labute approximate surface area is 141 Å². The van der Waals surface area contributed by atoms with E-state index in [-0.39, 0.29) is 30.7 Å². The van der Waals surface area contributed by atoms with E-state index in [2.05, 4.69) is 16.0 Å². The SMILES string of the molecule is CC(=O)Nc1ccc(NC(=O)CCNC(=O)C(C)(C)C)cc1Cl. The first-order valence-electron chi connectivity index (χ1n) is 7.25. The Balaban J connectivity index is 2.50. The van der Waals surface area contributed by atoms with Crippen molar-refractivity contribution >= 4 is 40.7 Å². The van der Waals surface area contributed by atoms with Crippen LogP contribution in [0.2, 0.25) is 5.02 Å². The topological polar surface area (TPSA) is 87.3 Å². The summed E-state index contributed by atoms with van der Waals surface area (Å²) in [5, 5.41) is 8.31. The molecule has 126 valence electrons. The zero-order valence-corrected chi connectivity index (χ0v) is 14.5. The van der Waals surface area contributed by atoms with E-state index in [1.54, 1.807) is 39.0 Å². The van der Waals surface area contributed by atoms with Gasteiger partial charge in [-0.3, -0.25) is 14.4 Å². The van der Waals surface area contributed by atoms with E-state index >= 15 is 0 Å². The van der Waals surface area contributed by atoms with Crippen LogP contribution < -0.4 is 16.0 Å². The van der Waals surface area contributed by atoms with Gasteiger partial charge < -0.3 is 16.0 Å². The minimum Gasteiger partial charge on any atom is -0.355 e. The molecule has 3 N–H and O–H groups in total. The van der Waals surface area contributed by atoms with Gasteiger partial charge in [-0.15, -0.1) is 0 Å². The number of carbonyl (C=O) groups is 3. The average molecular weight is 340 g/mol. The van der Waals surface area contributed by atoms with Crippen molar-refractivity contribution in [2.24, 2.45) is 5.41 Å². The van der Waals surface area contributed by atoms with Crippen molar-refractivity contribution in [3.05, 3.63) is 23.2 Å². The van der Waals surface area contributed by atoms with Crippen molar-refractivity contribution in [1.29, 1.82) is 0 Å². The number of hydrogen-bond acceptors (Lipinski definition) is 3. The molecule has 0 aromatic heterocycles. The van der Waals surface area contributed by atoms with E-state index < -0.39 is 5.41 Å². The average Bonchev–Trinajstić information content (AvgIpc) is 2.40. The van der Waals surface area contributed by atoms with E-state index in [0.29, 0.717) is 16.4 Å². The Morgan fingerprint density at radius 1 is 1.13 bits per heavy atom. The summed E-state index contributed by atoms with van der Waals surface area (Å²) in [5.41, 5.74) is 0.523. The summed E-state index contributed by atoms with van der Waals surface area (Å²) in [7, 11) is 0. The zero-order chi connectivity index (χ0) is 17.6. The molecular formula is C16H22ClN3O3. The number of hydrogen-bond donors (Lipinski definition) is 3. The molecule has 0 fully saturated rings. The first-order valence-corrected chi connectivity index (χ1v) is 7.62. The first kappa shape index (κ1) is 19.0. The van der Waals surface area contributed by atoms with Gasteiger partial charge in [0.2, 0.25) is 17.7 Å². The van der Waals surface area contributed by atoms with Gasteiger partial charge in [0.25, 0.3) is 0 Å². The second-order valence-corrected chi connectivity index (χ2v) is 6.59. The van der Waals surface area contributed by atoms with Gasteiger partial charge in [-0.25, -0.2) is 0 Å². The molecule has 7 heteroatoms. The Morgan fingerprint density at radius 3 is 2.30 bits per heavy atom. The smallest absolute Gasteiger partial charge is 0.226 e. The van der Waals surface area contributed by atoms with Gasteiger partial charge >= 0.3 is 0 Å². The number of carbonyl (C=O) groups excluding carboxylic acids is 3. The van der Waals surface area contributed by atoms with Crippen LogP contribution in [0.25, 0.3) is 0 Å². The minimum atomic E-state index is -0.483. The molecule has 1 rings (SSSR count). The van der Waals surface area contributed by atoms with Crippen LogP contribution in [0.3, 0.4) is 0 Å². The van der Waals surface area contributed by atoms with Gasteiger partial charge in [0, 0.05) is 31.0 Å². The predicted octanol–water partition coefficient (Wildman–Crippen LogP) is 2.79. The van der Waals surface area contributed by atoms with Crippen molar-refractivity contribution in [2.45, 2.75) is 34.1 Å². The summed E-state index contributed by atoms with van der Waals surface area (Å²) in [5.74, 6) is -0.561. The maximum Gasteiger partial charge on any atom is 0.226 e. The summed E-state index contributed by atoms with van der Waals surface area (Å²) >= 11 is 6.03. The van der Waals surface area contributed by atoms with Crippen LogP contribution in [0, 0.1) is 5.41 Å². The highest BCUT2D eigenvalue weighted by Crippen LogP contribution is 2.25. The number of nitrogens with one attached hydrogen (secondary N) is 3. The molecule has 0 radical (unpaired) electrons. The van der Waals surface area contributed by atoms with Crippen LogP contribution in [0.5, 0.6) is 0 Å². The third-order valence-corrected chi connectivity index (χ3v) is 3.20. The van der Waals surface area contributed by atoms with Crippen LogP contribution in [0.15, 0.2) is 18.2 Å². The highest BCUT2D eigenvalue weighted by molar-refractivity contribution is 6.34. The lowest BCUT2D eigenvalue weighted by molar-refractivity contribution is -0.128. The van der Waals surface area contributed by atoms with Crippen LogP contribution in [0.4, 0.5) is 11.4 Å². The van der Waals surface area contributed by atoms with Crippen LogP contribution in [-0.4, -0.2) is 24.3 Å². The molecule has 0 saturated heterocycles. The van der Waals surface area contributed by atoms with E-state index in [4.69, 9.17) is 11.6 Å². The lowest BCUT2D eigenvalue weighted by atomic mass is 9.96. The fourth-order valence-electron chi connectivity index (χ4n) is 1.66. The Kier molecular flexibility index (Phi) is 6.57. The molecule has 6 nitrogen and oxygen atoms in total. The van der Waals surface area contributed by atoms with Crippen LogP contribution in [0.1, 0.15) is 34.1 Å². The zero-order valence-electron chi connectivity index (χ0n) is 13.7. The first-order chi connectivity index (χ1) is 10.6. The fourth-order valence-corrected chi connectivity index (χ4v) is 1.89. The second-order valence-electron chi connectivity index (χ2n) is 6.18. The van der Waals surface area contributed by atoms with Gasteiger partial charge in [-0.05, 0) is 18.2 Å².